The van der Waals surface area contributed by atoms with Gasteiger partial charge in [-0.2, -0.15) is 0 Å². The van der Waals surface area contributed by atoms with Gasteiger partial charge in [0.05, 0.1) is 6.54 Å². The molecule has 1 aromatic rings. The molecular weight excluding hydrogens is 305 g/mol. The van der Waals surface area contributed by atoms with Crippen LogP contribution in [0.2, 0.25) is 0 Å². The SMILES string of the molecule is CC1CCCN(CC(=O)NCc2ccc(F)cc2)C1CN.Cl. The Kier molecular flexibility index (Phi) is 7.79. The minimum absolute atomic E-state index is 0. The van der Waals surface area contributed by atoms with Crippen LogP contribution in [0.1, 0.15) is 25.3 Å². The van der Waals surface area contributed by atoms with E-state index in [4.69, 9.17) is 5.73 Å². The number of carbonyl (C=O) groups excluding carboxylic acids is 1. The fourth-order valence-electron chi connectivity index (χ4n) is 2.96. The van der Waals surface area contributed by atoms with Crippen molar-refractivity contribution in [1.29, 1.82) is 0 Å². The van der Waals surface area contributed by atoms with Crippen molar-refractivity contribution in [3.63, 3.8) is 0 Å². The van der Waals surface area contributed by atoms with Crippen LogP contribution in [0.15, 0.2) is 24.3 Å². The van der Waals surface area contributed by atoms with Gasteiger partial charge in [0.15, 0.2) is 0 Å². The molecule has 6 heteroatoms. The zero-order chi connectivity index (χ0) is 15.2. The Bertz CT molecular complexity index is 469. The molecule has 4 nitrogen and oxygen atoms in total. The maximum absolute atomic E-state index is 12.8. The van der Waals surface area contributed by atoms with Crippen molar-refractivity contribution in [2.75, 3.05) is 19.6 Å². The molecule has 2 atom stereocenters. The molecule has 0 bridgehead atoms. The molecule has 0 aromatic heterocycles. The Labute approximate surface area is 137 Å². The summed E-state index contributed by atoms with van der Waals surface area (Å²) in [5.41, 5.74) is 6.73. The maximum Gasteiger partial charge on any atom is 0.234 e. The van der Waals surface area contributed by atoms with E-state index in [1.807, 2.05) is 0 Å². The van der Waals surface area contributed by atoms with E-state index in [-0.39, 0.29) is 30.2 Å². The number of amides is 1. The molecule has 0 aliphatic carbocycles. The predicted molar refractivity (Wildman–Crippen MR) is 88.3 cm³/mol. The minimum atomic E-state index is -0.266. The Morgan fingerprint density at radius 3 is 2.73 bits per heavy atom. The fourth-order valence-corrected chi connectivity index (χ4v) is 2.96. The van der Waals surface area contributed by atoms with Crippen LogP contribution in [0.5, 0.6) is 0 Å². The number of hydrogen-bond donors (Lipinski definition) is 2. The largest absolute Gasteiger partial charge is 0.351 e. The van der Waals surface area contributed by atoms with E-state index >= 15 is 0 Å². The van der Waals surface area contributed by atoms with E-state index in [9.17, 15) is 9.18 Å². The summed E-state index contributed by atoms with van der Waals surface area (Å²) >= 11 is 0. The highest BCUT2D eigenvalue weighted by Crippen LogP contribution is 2.22. The lowest BCUT2D eigenvalue weighted by molar-refractivity contribution is -0.123. The van der Waals surface area contributed by atoms with Gasteiger partial charge < -0.3 is 11.1 Å². The molecule has 1 fully saturated rings. The van der Waals surface area contributed by atoms with E-state index in [1.165, 1.54) is 18.6 Å². The molecule has 0 radical (unpaired) electrons. The first-order chi connectivity index (χ1) is 10.1. The summed E-state index contributed by atoms with van der Waals surface area (Å²) < 4.78 is 12.8. The Hall–Kier alpha value is -1.17. The number of piperidine rings is 1. The van der Waals surface area contributed by atoms with Gasteiger partial charge in [-0.1, -0.05) is 19.1 Å². The molecule has 0 saturated carbocycles. The molecule has 1 aliphatic heterocycles. The Morgan fingerprint density at radius 2 is 2.09 bits per heavy atom. The van der Waals surface area contributed by atoms with Gasteiger partial charge in [0.1, 0.15) is 5.82 Å². The molecule has 2 unspecified atom stereocenters. The molecule has 1 heterocycles. The molecule has 124 valence electrons. The number of rotatable bonds is 5. The molecule has 3 N–H and O–H groups in total. The van der Waals surface area contributed by atoms with E-state index in [0.29, 0.717) is 25.6 Å². The highest BCUT2D eigenvalue weighted by molar-refractivity contribution is 5.85. The molecule has 1 amide bonds. The molecular formula is C16H25ClFN3O. The maximum atomic E-state index is 12.8. The third kappa shape index (κ3) is 5.23. The lowest BCUT2D eigenvalue weighted by atomic mass is 9.91. The zero-order valence-corrected chi connectivity index (χ0v) is 13.7. The first kappa shape index (κ1) is 18.9. The van der Waals surface area contributed by atoms with Crippen molar-refractivity contribution in [3.8, 4) is 0 Å². The number of benzene rings is 1. The minimum Gasteiger partial charge on any atom is -0.351 e. The van der Waals surface area contributed by atoms with Crippen LogP contribution in [0, 0.1) is 11.7 Å². The van der Waals surface area contributed by atoms with Crippen molar-refractivity contribution in [2.24, 2.45) is 11.7 Å². The third-order valence-corrected chi connectivity index (χ3v) is 4.22. The fraction of sp³-hybridized carbons (Fsp3) is 0.562. The number of carbonyl (C=O) groups is 1. The lowest BCUT2D eigenvalue weighted by Gasteiger charge is -2.38. The molecule has 1 saturated heterocycles. The van der Waals surface area contributed by atoms with Gasteiger partial charge in [-0.3, -0.25) is 9.69 Å². The Balaban J connectivity index is 0.00000242. The highest BCUT2D eigenvalue weighted by Gasteiger charge is 2.28. The van der Waals surface area contributed by atoms with Crippen LogP contribution in [-0.2, 0) is 11.3 Å². The Morgan fingerprint density at radius 1 is 1.41 bits per heavy atom. The van der Waals surface area contributed by atoms with Crippen LogP contribution in [0.4, 0.5) is 4.39 Å². The van der Waals surface area contributed by atoms with Gasteiger partial charge >= 0.3 is 0 Å². The quantitative estimate of drug-likeness (QED) is 0.867. The van der Waals surface area contributed by atoms with Crippen molar-refractivity contribution in [3.05, 3.63) is 35.6 Å². The second-order valence-corrected chi connectivity index (χ2v) is 5.80. The first-order valence-electron chi connectivity index (χ1n) is 7.55. The van der Waals surface area contributed by atoms with Gasteiger partial charge in [-0.15, -0.1) is 12.4 Å². The summed E-state index contributed by atoms with van der Waals surface area (Å²) in [4.78, 5) is 14.2. The topological polar surface area (TPSA) is 58.4 Å². The number of likely N-dealkylation sites (tertiary alicyclic amines) is 1. The van der Waals surface area contributed by atoms with Crippen molar-refractivity contribution < 1.29 is 9.18 Å². The van der Waals surface area contributed by atoms with Crippen LogP contribution in [0.3, 0.4) is 0 Å². The van der Waals surface area contributed by atoms with Gasteiger partial charge in [-0.25, -0.2) is 4.39 Å². The lowest BCUT2D eigenvalue weighted by Crippen LogP contribution is -2.51. The summed E-state index contributed by atoms with van der Waals surface area (Å²) in [6.45, 7) is 4.52. The monoisotopic (exact) mass is 329 g/mol. The van der Waals surface area contributed by atoms with Crippen LogP contribution in [0.25, 0.3) is 0 Å². The second-order valence-electron chi connectivity index (χ2n) is 5.80. The van der Waals surface area contributed by atoms with Gasteiger partial charge in [-0.05, 0) is 43.0 Å². The summed E-state index contributed by atoms with van der Waals surface area (Å²) in [5, 5.41) is 2.88. The van der Waals surface area contributed by atoms with Crippen molar-refractivity contribution >= 4 is 18.3 Å². The molecule has 22 heavy (non-hydrogen) atoms. The first-order valence-corrected chi connectivity index (χ1v) is 7.55. The predicted octanol–water partition coefficient (Wildman–Crippen LogP) is 1.92. The third-order valence-electron chi connectivity index (χ3n) is 4.22. The molecule has 1 aliphatic rings. The average molecular weight is 330 g/mol. The van der Waals surface area contributed by atoms with E-state index in [1.54, 1.807) is 12.1 Å². The second kappa shape index (κ2) is 9.08. The average Bonchev–Trinajstić information content (AvgIpc) is 2.47. The number of halogens is 2. The number of hydrogen-bond acceptors (Lipinski definition) is 3. The van der Waals surface area contributed by atoms with Crippen LogP contribution >= 0.6 is 12.4 Å². The van der Waals surface area contributed by atoms with Crippen molar-refractivity contribution in [1.82, 2.24) is 10.2 Å². The van der Waals surface area contributed by atoms with Crippen LogP contribution < -0.4 is 11.1 Å². The highest BCUT2D eigenvalue weighted by atomic mass is 35.5. The molecule has 0 spiro atoms. The zero-order valence-electron chi connectivity index (χ0n) is 12.9. The van der Waals surface area contributed by atoms with E-state index in [2.05, 4.69) is 17.1 Å². The normalized spacial score (nSPS) is 22.0. The number of nitrogens with one attached hydrogen (secondary N) is 1. The van der Waals surface area contributed by atoms with Crippen molar-refractivity contribution in [2.45, 2.75) is 32.4 Å². The summed E-state index contributed by atoms with van der Waals surface area (Å²) in [6.07, 6.45) is 2.29. The smallest absolute Gasteiger partial charge is 0.234 e. The number of nitrogens with zero attached hydrogens (tertiary/aromatic N) is 1. The summed E-state index contributed by atoms with van der Waals surface area (Å²) in [6, 6.07) is 6.45. The number of nitrogens with two attached hydrogens (primary N) is 1. The van der Waals surface area contributed by atoms with Crippen LogP contribution in [-0.4, -0.2) is 36.5 Å². The van der Waals surface area contributed by atoms with Gasteiger partial charge in [0.25, 0.3) is 0 Å². The summed E-state index contributed by atoms with van der Waals surface area (Å²) in [7, 11) is 0. The standard InChI is InChI=1S/C16H24FN3O.ClH/c1-12-3-2-8-20(15(12)9-18)11-16(21)19-10-13-4-6-14(17)7-5-13;/h4-7,12,15H,2-3,8-11,18H2,1H3,(H,19,21);1H. The van der Waals surface area contributed by atoms with E-state index < -0.39 is 0 Å². The van der Waals surface area contributed by atoms with Gasteiger partial charge in [0, 0.05) is 19.1 Å². The van der Waals surface area contributed by atoms with E-state index in [0.717, 1.165) is 18.5 Å². The molecule has 2 rings (SSSR count). The molecule has 1 aromatic carbocycles. The van der Waals surface area contributed by atoms with Gasteiger partial charge in [0.2, 0.25) is 5.91 Å². The summed E-state index contributed by atoms with van der Waals surface area (Å²) in [5.74, 6) is 0.263.